The van der Waals surface area contributed by atoms with Gasteiger partial charge in [0.1, 0.15) is 0 Å². The van der Waals surface area contributed by atoms with Crippen molar-refractivity contribution in [2.24, 2.45) is 0 Å². The van der Waals surface area contributed by atoms with Gasteiger partial charge in [-0.1, -0.05) is 40.2 Å². The number of hydrogen-bond acceptors (Lipinski definition) is 8. The quantitative estimate of drug-likeness (QED) is 0.259. The molecule has 0 amide bonds. The molecule has 0 aromatic heterocycles. The van der Waals surface area contributed by atoms with Crippen molar-refractivity contribution in [3.63, 3.8) is 0 Å². The Morgan fingerprint density at radius 1 is 1.14 bits per heavy atom. The molecule has 10 nitrogen and oxygen atoms in total. The number of para-hydroxylation sites is 1. The Bertz CT molecular complexity index is 1120. The maximum Gasteiger partial charge on any atom is 0.289 e. The van der Waals surface area contributed by atoms with E-state index in [0.29, 0.717) is 13.0 Å². The molecule has 1 aliphatic heterocycles. The molecule has 3 rings (SSSR count). The van der Waals surface area contributed by atoms with Crippen LogP contribution in [0.4, 0.5) is 5.69 Å². The molecule has 1 aliphatic rings. The smallest absolute Gasteiger partial charge is 0.289 e. The lowest BCUT2D eigenvalue weighted by molar-refractivity contribution is -0.387. The van der Waals surface area contributed by atoms with Crippen LogP contribution < -0.4 is 4.72 Å². The van der Waals surface area contributed by atoms with E-state index >= 15 is 0 Å². The average Bonchev–Trinajstić information content (AvgIpc) is 2.81. The third-order valence-corrected chi connectivity index (χ3v) is 8.62. The Balaban J connectivity index is 1.86. The molecule has 0 aliphatic carbocycles. The molecule has 0 bridgehead atoms. The number of nitrogens with zero attached hydrogens (tertiary/aromatic N) is 3. The number of nitro benzene ring substituents is 1. The number of hydrogen-bond donors (Lipinski definition) is 3. The van der Waals surface area contributed by atoms with Crippen LogP contribution in [-0.4, -0.2) is 91.9 Å². The lowest BCUT2D eigenvalue weighted by Crippen LogP contribution is -2.67. The molecule has 0 unspecified atom stereocenters. The first-order valence-corrected chi connectivity index (χ1v) is 13.5. The van der Waals surface area contributed by atoms with Crippen LogP contribution >= 0.6 is 15.9 Å². The number of nitrogens with one attached hydrogen (secondary N) is 1. The van der Waals surface area contributed by atoms with Crippen LogP contribution in [0.2, 0.25) is 0 Å². The van der Waals surface area contributed by atoms with E-state index in [4.69, 9.17) is 0 Å². The van der Waals surface area contributed by atoms with E-state index in [0.717, 1.165) is 16.1 Å². The molecule has 2 aromatic carbocycles. The van der Waals surface area contributed by atoms with E-state index in [-0.39, 0.29) is 48.7 Å². The van der Waals surface area contributed by atoms with Gasteiger partial charge in [-0.25, -0.2) is 13.1 Å². The number of likely N-dealkylation sites (N-methyl/N-ethyl adjacent to an activating group) is 1. The second-order valence-electron chi connectivity index (χ2n) is 8.80. The zero-order valence-corrected chi connectivity index (χ0v) is 22.0. The van der Waals surface area contributed by atoms with E-state index in [1.165, 1.54) is 18.2 Å². The summed E-state index contributed by atoms with van der Waals surface area (Å²) in [5.41, 5.74) is 0.477. The van der Waals surface area contributed by atoms with Crippen molar-refractivity contribution in [3.8, 4) is 0 Å². The third kappa shape index (κ3) is 6.26. The van der Waals surface area contributed by atoms with Crippen LogP contribution in [0.3, 0.4) is 0 Å². The summed E-state index contributed by atoms with van der Waals surface area (Å²) in [6.45, 7) is 0.423. The third-order valence-electron chi connectivity index (χ3n) is 6.62. The first kappa shape index (κ1) is 27.7. The topological polar surface area (TPSA) is 136 Å². The van der Waals surface area contributed by atoms with Gasteiger partial charge < -0.3 is 15.1 Å². The zero-order valence-electron chi connectivity index (χ0n) is 19.6. The molecule has 4 atom stereocenters. The molecule has 0 radical (unpaired) electrons. The molecule has 192 valence electrons. The van der Waals surface area contributed by atoms with Crippen LogP contribution in [0.15, 0.2) is 57.9 Å². The second-order valence-corrected chi connectivity index (χ2v) is 11.4. The maximum absolute atomic E-state index is 13.0. The largest absolute Gasteiger partial charge is 0.395 e. The van der Waals surface area contributed by atoms with Crippen molar-refractivity contribution in [2.45, 2.75) is 35.4 Å². The Morgan fingerprint density at radius 3 is 2.37 bits per heavy atom. The van der Waals surface area contributed by atoms with Crippen LogP contribution in [0, 0.1) is 10.1 Å². The van der Waals surface area contributed by atoms with Crippen molar-refractivity contribution in [1.29, 1.82) is 0 Å². The Hall–Kier alpha value is -1.93. The molecule has 1 fully saturated rings. The number of sulfonamides is 1. The van der Waals surface area contributed by atoms with Gasteiger partial charge in [-0.15, -0.1) is 0 Å². The van der Waals surface area contributed by atoms with Gasteiger partial charge in [0.05, 0.1) is 18.1 Å². The van der Waals surface area contributed by atoms with Crippen molar-refractivity contribution < 1.29 is 23.6 Å². The lowest BCUT2D eigenvalue weighted by atomic mass is 9.75. The standard InChI is InChI=1S/C23H31BrN4O6S/c1-26(2)18(14-29)11-12-27-20(23(21(27)15-30)16-7-9-17(24)10-8-16)13-25-35(33,34)22-6-4-3-5-19(22)28(31)32/h3-10,18,20-21,23,25,29-30H,11-15H2,1-2H3/t18-,20-,21+,23+/m0/s1. The Labute approximate surface area is 213 Å². The van der Waals surface area contributed by atoms with Crippen molar-refractivity contribution >= 4 is 31.6 Å². The van der Waals surface area contributed by atoms with Gasteiger partial charge in [-0.3, -0.25) is 15.0 Å². The minimum atomic E-state index is -4.15. The number of rotatable bonds is 12. The van der Waals surface area contributed by atoms with E-state index in [2.05, 4.69) is 20.7 Å². The van der Waals surface area contributed by atoms with E-state index in [1.54, 1.807) is 0 Å². The van der Waals surface area contributed by atoms with E-state index < -0.39 is 20.6 Å². The molecule has 1 heterocycles. The molecular weight excluding hydrogens is 540 g/mol. The minimum absolute atomic E-state index is 0.0113. The number of aliphatic hydroxyl groups excluding tert-OH is 2. The van der Waals surface area contributed by atoms with Crippen molar-refractivity contribution in [3.05, 3.63) is 68.7 Å². The van der Waals surface area contributed by atoms with Crippen LogP contribution in [0.1, 0.15) is 17.9 Å². The average molecular weight is 571 g/mol. The summed E-state index contributed by atoms with van der Waals surface area (Å²) in [4.78, 5) is 14.2. The van der Waals surface area contributed by atoms with Gasteiger partial charge in [0.25, 0.3) is 5.69 Å². The summed E-state index contributed by atoms with van der Waals surface area (Å²) >= 11 is 3.42. The van der Waals surface area contributed by atoms with Crippen LogP contribution in [0.5, 0.6) is 0 Å². The minimum Gasteiger partial charge on any atom is -0.395 e. The number of nitro groups is 1. The predicted octanol–water partition coefficient (Wildman–Crippen LogP) is 1.78. The van der Waals surface area contributed by atoms with E-state index in [9.17, 15) is 28.7 Å². The Kier molecular flexibility index (Phi) is 9.38. The SMILES string of the molecule is CN(C)[C@H](CO)CCN1[C@H](CO)[C@H](c2ccc(Br)cc2)[C@@H]1CNS(=O)(=O)c1ccccc1[N+](=O)[O-]. The fourth-order valence-electron chi connectivity index (χ4n) is 4.66. The number of halogens is 1. The van der Waals surface area contributed by atoms with Gasteiger partial charge in [0, 0.05) is 47.7 Å². The lowest BCUT2D eigenvalue weighted by Gasteiger charge is -2.55. The predicted molar refractivity (Wildman–Crippen MR) is 136 cm³/mol. The summed E-state index contributed by atoms with van der Waals surface area (Å²) in [6.07, 6.45) is 0.625. The van der Waals surface area contributed by atoms with E-state index in [1.807, 2.05) is 48.2 Å². The van der Waals surface area contributed by atoms with Gasteiger partial charge in [-0.2, -0.15) is 0 Å². The maximum atomic E-state index is 13.0. The van der Waals surface area contributed by atoms with Gasteiger partial charge in [0.15, 0.2) is 4.90 Å². The summed E-state index contributed by atoms with van der Waals surface area (Å²) in [5.74, 6) is -0.145. The molecule has 0 spiro atoms. The highest BCUT2D eigenvalue weighted by atomic mass is 79.9. The summed E-state index contributed by atoms with van der Waals surface area (Å²) < 4.78 is 29.5. The molecule has 0 saturated carbocycles. The van der Waals surface area contributed by atoms with Gasteiger partial charge in [0.2, 0.25) is 10.0 Å². The van der Waals surface area contributed by atoms with Crippen LogP contribution in [0.25, 0.3) is 0 Å². The monoisotopic (exact) mass is 570 g/mol. The highest BCUT2D eigenvalue weighted by molar-refractivity contribution is 9.10. The van der Waals surface area contributed by atoms with Crippen molar-refractivity contribution in [2.75, 3.05) is 40.4 Å². The Morgan fingerprint density at radius 2 is 1.80 bits per heavy atom. The zero-order chi connectivity index (χ0) is 25.8. The normalized spacial score (nSPS) is 21.6. The molecule has 3 N–H and O–H groups in total. The molecule has 1 saturated heterocycles. The van der Waals surface area contributed by atoms with Crippen LogP contribution in [-0.2, 0) is 10.0 Å². The number of benzene rings is 2. The van der Waals surface area contributed by atoms with Gasteiger partial charge >= 0.3 is 0 Å². The molecule has 35 heavy (non-hydrogen) atoms. The summed E-state index contributed by atoms with van der Waals surface area (Å²) in [7, 11) is -0.396. The number of likely N-dealkylation sites (tertiary alicyclic amines) is 1. The number of aliphatic hydroxyl groups is 2. The van der Waals surface area contributed by atoms with Crippen molar-refractivity contribution in [1.82, 2.24) is 14.5 Å². The summed E-state index contributed by atoms with van der Waals surface area (Å²) in [5, 5.41) is 31.2. The molecule has 12 heteroatoms. The fraction of sp³-hybridized carbons (Fsp3) is 0.478. The molecular formula is C23H31BrN4O6S. The first-order chi connectivity index (χ1) is 16.6. The highest BCUT2D eigenvalue weighted by Gasteiger charge is 2.48. The first-order valence-electron chi connectivity index (χ1n) is 11.2. The van der Waals surface area contributed by atoms with Gasteiger partial charge in [-0.05, 0) is 44.3 Å². The fourth-order valence-corrected chi connectivity index (χ4v) is 6.14. The highest BCUT2D eigenvalue weighted by Crippen LogP contribution is 2.41. The summed E-state index contributed by atoms with van der Waals surface area (Å²) in [6, 6.07) is 12.3. The molecule has 2 aromatic rings. The second kappa shape index (κ2) is 11.9.